The Morgan fingerprint density at radius 1 is 1.10 bits per heavy atom. The van der Waals surface area contributed by atoms with Crippen LogP contribution in [0.2, 0.25) is 0 Å². The molecule has 4 rings (SSSR count). The molecule has 6 nitrogen and oxygen atoms in total. The summed E-state index contributed by atoms with van der Waals surface area (Å²) in [6.07, 6.45) is 4.64. The van der Waals surface area contributed by atoms with Crippen molar-refractivity contribution in [2.45, 2.75) is 26.8 Å². The van der Waals surface area contributed by atoms with Crippen molar-refractivity contribution in [2.75, 3.05) is 37.6 Å². The summed E-state index contributed by atoms with van der Waals surface area (Å²) in [4.78, 5) is 20.9. The van der Waals surface area contributed by atoms with Crippen LogP contribution in [0.3, 0.4) is 0 Å². The number of carbonyl (C=O) groups excluding carboxylic acids is 1. The molecule has 6 heteroatoms. The number of aromatic nitrogens is 2. The van der Waals surface area contributed by atoms with E-state index in [1.54, 1.807) is 0 Å². The molecule has 0 spiro atoms. The second-order valence-corrected chi connectivity index (χ2v) is 7.72. The number of anilines is 1. The maximum absolute atomic E-state index is 12.5. The van der Waals surface area contributed by atoms with Crippen molar-refractivity contribution in [1.82, 2.24) is 19.8 Å². The van der Waals surface area contributed by atoms with Crippen LogP contribution < -0.4 is 10.2 Å². The largest absolute Gasteiger partial charge is 0.368 e. The van der Waals surface area contributed by atoms with E-state index in [0.29, 0.717) is 6.54 Å². The highest BCUT2D eigenvalue weighted by atomic mass is 16.2. The number of para-hydroxylation sites is 1. The number of urea groups is 1. The topological polar surface area (TPSA) is 53.4 Å². The van der Waals surface area contributed by atoms with Gasteiger partial charge in [-0.05, 0) is 49.4 Å². The maximum atomic E-state index is 12.5. The van der Waals surface area contributed by atoms with Crippen LogP contribution in [0, 0.1) is 13.8 Å². The molecule has 2 aromatic heterocycles. The minimum absolute atomic E-state index is 0.0465. The van der Waals surface area contributed by atoms with Gasteiger partial charge >= 0.3 is 6.03 Å². The van der Waals surface area contributed by atoms with E-state index in [0.717, 1.165) is 39.1 Å². The number of aryl methyl sites for hydroxylation is 3. The van der Waals surface area contributed by atoms with Crippen LogP contribution >= 0.6 is 0 Å². The lowest BCUT2D eigenvalue weighted by Crippen LogP contribution is -2.52. The lowest BCUT2D eigenvalue weighted by Gasteiger charge is -2.36. The van der Waals surface area contributed by atoms with E-state index >= 15 is 0 Å². The minimum Gasteiger partial charge on any atom is -0.368 e. The fourth-order valence-corrected chi connectivity index (χ4v) is 4.16. The first kappa shape index (κ1) is 19.3. The first-order valence-electron chi connectivity index (χ1n) is 10.4. The Morgan fingerprint density at radius 2 is 1.90 bits per heavy atom. The van der Waals surface area contributed by atoms with E-state index in [4.69, 9.17) is 0 Å². The van der Waals surface area contributed by atoms with Gasteiger partial charge in [-0.15, -0.1) is 0 Å². The highest BCUT2D eigenvalue weighted by molar-refractivity contribution is 5.81. The van der Waals surface area contributed by atoms with Crippen LogP contribution in [0.15, 0.2) is 48.8 Å². The highest BCUT2D eigenvalue weighted by Crippen LogP contribution is 2.20. The third-order valence-corrected chi connectivity index (χ3v) is 5.75. The van der Waals surface area contributed by atoms with Gasteiger partial charge in [0.15, 0.2) is 0 Å². The van der Waals surface area contributed by atoms with Crippen molar-refractivity contribution in [2.24, 2.45) is 0 Å². The van der Waals surface area contributed by atoms with Gasteiger partial charge in [-0.3, -0.25) is 4.98 Å². The van der Waals surface area contributed by atoms with Gasteiger partial charge in [0.2, 0.25) is 0 Å². The molecule has 2 amide bonds. The number of nitrogens with one attached hydrogen (secondary N) is 1. The summed E-state index contributed by atoms with van der Waals surface area (Å²) in [5.74, 6) is 0. The molecular formula is C23H29N5O. The van der Waals surface area contributed by atoms with Gasteiger partial charge in [0.05, 0.1) is 0 Å². The molecule has 0 atom stereocenters. The number of hydrogen-bond donors (Lipinski definition) is 1. The number of nitrogens with zero attached hydrogens (tertiary/aromatic N) is 4. The van der Waals surface area contributed by atoms with Crippen LogP contribution in [0.1, 0.15) is 17.7 Å². The number of carbonyl (C=O) groups is 1. The van der Waals surface area contributed by atoms with E-state index in [1.807, 2.05) is 17.3 Å². The second-order valence-electron chi connectivity index (χ2n) is 7.72. The summed E-state index contributed by atoms with van der Waals surface area (Å²) >= 11 is 0. The first-order valence-corrected chi connectivity index (χ1v) is 10.4. The molecule has 0 bridgehead atoms. The quantitative estimate of drug-likeness (QED) is 0.677. The fourth-order valence-electron chi connectivity index (χ4n) is 4.16. The van der Waals surface area contributed by atoms with Crippen molar-refractivity contribution in [3.05, 3.63) is 60.0 Å². The van der Waals surface area contributed by atoms with E-state index in [9.17, 15) is 4.79 Å². The summed E-state index contributed by atoms with van der Waals surface area (Å²) in [5.41, 5.74) is 4.92. The Kier molecular flexibility index (Phi) is 5.69. The molecule has 3 heterocycles. The third-order valence-electron chi connectivity index (χ3n) is 5.75. The average molecular weight is 392 g/mol. The zero-order valence-electron chi connectivity index (χ0n) is 17.3. The fraction of sp³-hybridized carbons (Fsp3) is 0.391. The Morgan fingerprint density at radius 3 is 2.69 bits per heavy atom. The lowest BCUT2D eigenvalue weighted by atomic mass is 10.2. The Bertz CT molecular complexity index is 988. The summed E-state index contributed by atoms with van der Waals surface area (Å²) in [6, 6.07) is 12.8. The zero-order chi connectivity index (χ0) is 20.2. The second kappa shape index (κ2) is 8.55. The van der Waals surface area contributed by atoms with Crippen LogP contribution in [-0.4, -0.2) is 53.2 Å². The number of benzene rings is 1. The average Bonchev–Trinajstić information content (AvgIpc) is 3.06. The molecule has 1 N–H and O–H groups in total. The number of amides is 2. The van der Waals surface area contributed by atoms with E-state index < -0.39 is 0 Å². The predicted octanol–water partition coefficient (Wildman–Crippen LogP) is 3.58. The van der Waals surface area contributed by atoms with Crippen LogP contribution in [-0.2, 0) is 6.54 Å². The normalized spacial score (nSPS) is 14.4. The lowest BCUT2D eigenvalue weighted by molar-refractivity contribution is 0.194. The number of rotatable bonds is 5. The third kappa shape index (κ3) is 4.21. The van der Waals surface area contributed by atoms with Crippen molar-refractivity contribution in [3.8, 4) is 0 Å². The van der Waals surface area contributed by atoms with Crippen LogP contribution in [0.25, 0.3) is 10.9 Å². The molecule has 0 unspecified atom stereocenters. The van der Waals surface area contributed by atoms with Gasteiger partial charge < -0.3 is 19.7 Å². The summed E-state index contributed by atoms with van der Waals surface area (Å²) in [5, 5.41) is 4.37. The number of pyridine rings is 1. The Hall–Kier alpha value is -3.02. The first-order chi connectivity index (χ1) is 14.1. The summed E-state index contributed by atoms with van der Waals surface area (Å²) < 4.78 is 2.33. The van der Waals surface area contributed by atoms with Gasteiger partial charge in [0, 0.05) is 68.6 Å². The maximum Gasteiger partial charge on any atom is 0.317 e. The SMILES string of the molecule is Cc1cnccc1N1CCN(C(=O)NCCCn2c(C)cc3ccccc32)CC1. The molecular weight excluding hydrogens is 362 g/mol. The smallest absolute Gasteiger partial charge is 0.317 e. The van der Waals surface area contributed by atoms with Gasteiger partial charge in [-0.1, -0.05) is 18.2 Å². The standard InChI is InChI=1S/C23H29N5O/c1-18-17-24-10-8-21(18)26-12-14-27(15-13-26)23(29)25-9-5-11-28-19(2)16-20-6-3-4-7-22(20)28/h3-4,6-8,10,16-17H,5,9,11-15H2,1-2H3,(H,25,29). The molecule has 152 valence electrons. The number of fused-ring (bicyclic) bond motifs is 1. The van der Waals surface area contributed by atoms with Gasteiger partial charge in [-0.25, -0.2) is 4.79 Å². The van der Waals surface area contributed by atoms with E-state index in [2.05, 4.69) is 70.0 Å². The van der Waals surface area contributed by atoms with Crippen LogP contribution in [0.4, 0.5) is 10.5 Å². The molecule has 1 saturated heterocycles. The molecule has 29 heavy (non-hydrogen) atoms. The van der Waals surface area contributed by atoms with Gasteiger partial charge in [-0.2, -0.15) is 0 Å². The van der Waals surface area contributed by atoms with E-state index in [-0.39, 0.29) is 6.03 Å². The predicted molar refractivity (Wildman–Crippen MR) is 117 cm³/mol. The molecule has 1 aliphatic heterocycles. The van der Waals surface area contributed by atoms with Gasteiger partial charge in [0.1, 0.15) is 0 Å². The zero-order valence-corrected chi connectivity index (χ0v) is 17.3. The molecule has 0 radical (unpaired) electrons. The molecule has 0 saturated carbocycles. The molecule has 0 aliphatic carbocycles. The van der Waals surface area contributed by atoms with Crippen molar-refractivity contribution in [1.29, 1.82) is 0 Å². The molecule has 1 fully saturated rings. The Balaban J connectivity index is 1.23. The summed E-state index contributed by atoms with van der Waals surface area (Å²) in [7, 11) is 0. The van der Waals surface area contributed by atoms with Crippen molar-refractivity contribution >= 4 is 22.6 Å². The minimum atomic E-state index is 0.0465. The Labute approximate surface area is 172 Å². The molecule has 1 aromatic carbocycles. The number of piperazine rings is 1. The molecule has 3 aromatic rings. The van der Waals surface area contributed by atoms with Crippen LogP contribution in [0.5, 0.6) is 0 Å². The highest BCUT2D eigenvalue weighted by Gasteiger charge is 2.21. The monoisotopic (exact) mass is 391 g/mol. The van der Waals surface area contributed by atoms with Crippen molar-refractivity contribution < 1.29 is 4.79 Å². The van der Waals surface area contributed by atoms with E-state index in [1.165, 1.54) is 27.8 Å². The number of hydrogen-bond acceptors (Lipinski definition) is 3. The van der Waals surface area contributed by atoms with Gasteiger partial charge in [0.25, 0.3) is 0 Å². The summed E-state index contributed by atoms with van der Waals surface area (Å²) in [6.45, 7) is 9.02. The molecule has 1 aliphatic rings. The van der Waals surface area contributed by atoms with Crippen molar-refractivity contribution in [3.63, 3.8) is 0 Å².